The minimum absolute atomic E-state index is 0.197. The first-order valence-corrected chi connectivity index (χ1v) is 5.93. The first-order chi connectivity index (χ1) is 9.20. The molecular formula is C15H14FNO2. The van der Waals surface area contributed by atoms with Gasteiger partial charge in [-0.25, -0.2) is 4.39 Å². The molecule has 0 fully saturated rings. The second kappa shape index (κ2) is 6.11. The van der Waals surface area contributed by atoms with Crippen LogP contribution in [-0.2, 0) is 0 Å². The summed E-state index contributed by atoms with van der Waals surface area (Å²) in [5, 5.41) is 12.1. The molecule has 4 heteroatoms. The molecule has 0 saturated heterocycles. The highest BCUT2D eigenvalue weighted by Crippen LogP contribution is 2.13. The van der Waals surface area contributed by atoms with Gasteiger partial charge in [-0.15, -0.1) is 0 Å². The lowest BCUT2D eigenvalue weighted by atomic mass is 10.1. The van der Waals surface area contributed by atoms with E-state index in [4.69, 9.17) is 0 Å². The number of carbonyl (C=O) groups is 1. The maximum absolute atomic E-state index is 12.8. The molecule has 2 rings (SSSR count). The minimum atomic E-state index is -0.473. The quantitative estimate of drug-likeness (QED) is 0.885. The number of aliphatic hydroxyl groups is 1. The van der Waals surface area contributed by atoms with Gasteiger partial charge in [0.05, 0.1) is 12.6 Å². The van der Waals surface area contributed by atoms with Crippen LogP contribution < -0.4 is 5.32 Å². The Morgan fingerprint density at radius 3 is 2.32 bits per heavy atom. The fraction of sp³-hybridized carbons (Fsp3) is 0.133. The highest BCUT2D eigenvalue weighted by molar-refractivity contribution is 5.94. The molecule has 1 atom stereocenters. The molecule has 0 aliphatic heterocycles. The predicted octanol–water partition coefficient (Wildman–Crippen LogP) is 2.29. The van der Waals surface area contributed by atoms with Crippen LogP contribution in [0, 0.1) is 5.82 Å². The van der Waals surface area contributed by atoms with Gasteiger partial charge in [-0.05, 0) is 29.8 Å². The number of rotatable bonds is 4. The van der Waals surface area contributed by atoms with Crippen LogP contribution in [0.3, 0.4) is 0 Å². The average Bonchev–Trinajstić information content (AvgIpc) is 2.46. The Morgan fingerprint density at radius 1 is 1.11 bits per heavy atom. The summed E-state index contributed by atoms with van der Waals surface area (Å²) in [6.45, 7) is -0.197. The molecule has 0 radical (unpaired) electrons. The van der Waals surface area contributed by atoms with Gasteiger partial charge in [0.15, 0.2) is 0 Å². The first kappa shape index (κ1) is 13.2. The van der Waals surface area contributed by atoms with Crippen molar-refractivity contribution in [2.75, 3.05) is 6.61 Å². The van der Waals surface area contributed by atoms with E-state index in [1.807, 2.05) is 30.3 Å². The van der Waals surface area contributed by atoms with Gasteiger partial charge in [0.2, 0.25) is 0 Å². The number of aliphatic hydroxyl groups excluding tert-OH is 1. The molecule has 0 aliphatic rings. The lowest BCUT2D eigenvalue weighted by Gasteiger charge is -2.16. The van der Waals surface area contributed by atoms with Gasteiger partial charge in [0.1, 0.15) is 5.82 Å². The van der Waals surface area contributed by atoms with Crippen LogP contribution >= 0.6 is 0 Å². The van der Waals surface area contributed by atoms with Crippen LogP contribution in [0.25, 0.3) is 0 Å². The molecule has 2 aromatic rings. The van der Waals surface area contributed by atoms with Crippen LogP contribution in [0.1, 0.15) is 22.0 Å². The van der Waals surface area contributed by atoms with Crippen molar-refractivity contribution in [2.45, 2.75) is 6.04 Å². The molecule has 0 aliphatic carbocycles. The van der Waals surface area contributed by atoms with Gasteiger partial charge in [0.25, 0.3) is 5.91 Å². The van der Waals surface area contributed by atoms with Gasteiger partial charge in [-0.3, -0.25) is 4.79 Å². The van der Waals surface area contributed by atoms with E-state index in [1.165, 1.54) is 24.3 Å². The number of carbonyl (C=O) groups excluding carboxylic acids is 1. The smallest absolute Gasteiger partial charge is 0.251 e. The summed E-state index contributed by atoms with van der Waals surface area (Å²) in [5.41, 5.74) is 1.18. The minimum Gasteiger partial charge on any atom is -0.394 e. The Kier molecular flexibility index (Phi) is 4.26. The van der Waals surface area contributed by atoms with Crippen LogP contribution in [0.5, 0.6) is 0 Å². The number of hydrogen-bond acceptors (Lipinski definition) is 2. The zero-order valence-corrected chi connectivity index (χ0v) is 10.2. The van der Waals surface area contributed by atoms with Gasteiger partial charge in [-0.1, -0.05) is 30.3 Å². The summed E-state index contributed by atoms with van der Waals surface area (Å²) in [7, 11) is 0. The molecule has 1 amide bonds. The highest BCUT2D eigenvalue weighted by Gasteiger charge is 2.14. The van der Waals surface area contributed by atoms with Crippen molar-refractivity contribution in [3.05, 3.63) is 71.5 Å². The van der Waals surface area contributed by atoms with Crippen molar-refractivity contribution in [3.8, 4) is 0 Å². The van der Waals surface area contributed by atoms with Gasteiger partial charge in [0, 0.05) is 5.56 Å². The third-order valence-corrected chi connectivity index (χ3v) is 2.80. The number of benzene rings is 2. The van der Waals surface area contributed by atoms with Gasteiger partial charge < -0.3 is 10.4 Å². The van der Waals surface area contributed by atoms with Crippen LogP contribution in [0.2, 0.25) is 0 Å². The average molecular weight is 259 g/mol. The molecule has 0 aromatic heterocycles. The number of halogens is 1. The molecule has 0 heterocycles. The zero-order valence-electron chi connectivity index (χ0n) is 10.2. The van der Waals surface area contributed by atoms with E-state index in [0.717, 1.165) is 5.56 Å². The highest BCUT2D eigenvalue weighted by atomic mass is 19.1. The van der Waals surface area contributed by atoms with E-state index in [2.05, 4.69) is 5.32 Å². The van der Waals surface area contributed by atoms with Crippen LogP contribution in [-0.4, -0.2) is 17.6 Å². The van der Waals surface area contributed by atoms with Crippen molar-refractivity contribution in [2.24, 2.45) is 0 Å². The Morgan fingerprint density at radius 2 is 1.74 bits per heavy atom. The Balaban J connectivity index is 2.10. The monoisotopic (exact) mass is 259 g/mol. The maximum atomic E-state index is 12.8. The second-order valence-corrected chi connectivity index (χ2v) is 4.13. The van der Waals surface area contributed by atoms with E-state index < -0.39 is 11.9 Å². The Hall–Kier alpha value is -2.20. The lowest BCUT2D eigenvalue weighted by Crippen LogP contribution is -2.30. The molecule has 2 N–H and O–H groups in total. The summed E-state index contributed by atoms with van der Waals surface area (Å²) in [4.78, 5) is 12.0. The van der Waals surface area contributed by atoms with E-state index in [0.29, 0.717) is 5.56 Å². The van der Waals surface area contributed by atoms with Gasteiger partial charge in [-0.2, -0.15) is 0 Å². The summed E-state index contributed by atoms with van der Waals surface area (Å²) < 4.78 is 12.8. The van der Waals surface area contributed by atoms with E-state index in [1.54, 1.807) is 0 Å². The fourth-order valence-electron chi connectivity index (χ4n) is 1.76. The molecule has 2 aromatic carbocycles. The number of hydrogen-bond donors (Lipinski definition) is 2. The van der Waals surface area contributed by atoms with Crippen LogP contribution in [0.4, 0.5) is 4.39 Å². The number of nitrogens with one attached hydrogen (secondary N) is 1. The molecule has 0 saturated carbocycles. The van der Waals surface area contributed by atoms with E-state index in [-0.39, 0.29) is 12.5 Å². The van der Waals surface area contributed by atoms with Crippen molar-refractivity contribution in [1.82, 2.24) is 5.32 Å². The van der Waals surface area contributed by atoms with E-state index in [9.17, 15) is 14.3 Å². The Bertz CT molecular complexity index is 540. The zero-order chi connectivity index (χ0) is 13.7. The normalized spacial score (nSPS) is 11.9. The van der Waals surface area contributed by atoms with Crippen molar-refractivity contribution in [1.29, 1.82) is 0 Å². The molecular weight excluding hydrogens is 245 g/mol. The third kappa shape index (κ3) is 3.39. The molecule has 98 valence electrons. The number of amides is 1. The van der Waals surface area contributed by atoms with Crippen LogP contribution in [0.15, 0.2) is 54.6 Å². The van der Waals surface area contributed by atoms with Gasteiger partial charge >= 0.3 is 0 Å². The summed E-state index contributed by atoms with van der Waals surface area (Å²) in [6.07, 6.45) is 0. The SMILES string of the molecule is O=C(N[C@H](CO)c1ccccc1)c1ccc(F)cc1. The third-order valence-electron chi connectivity index (χ3n) is 2.80. The lowest BCUT2D eigenvalue weighted by molar-refractivity contribution is 0.0916. The second-order valence-electron chi connectivity index (χ2n) is 4.13. The summed E-state index contributed by atoms with van der Waals surface area (Å²) in [6, 6.07) is 14.0. The topological polar surface area (TPSA) is 49.3 Å². The Labute approximate surface area is 110 Å². The largest absolute Gasteiger partial charge is 0.394 e. The molecule has 0 unspecified atom stereocenters. The van der Waals surface area contributed by atoms with Crippen molar-refractivity contribution < 1.29 is 14.3 Å². The van der Waals surface area contributed by atoms with E-state index >= 15 is 0 Å². The molecule has 19 heavy (non-hydrogen) atoms. The summed E-state index contributed by atoms with van der Waals surface area (Å²) in [5.74, 6) is -0.735. The maximum Gasteiger partial charge on any atom is 0.251 e. The molecule has 0 bridgehead atoms. The van der Waals surface area contributed by atoms with Crippen molar-refractivity contribution in [3.63, 3.8) is 0 Å². The molecule has 3 nitrogen and oxygen atoms in total. The summed E-state index contributed by atoms with van der Waals surface area (Å²) >= 11 is 0. The standard InChI is InChI=1S/C15H14FNO2/c16-13-8-6-12(7-9-13)15(19)17-14(10-18)11-4-2-1-3-5-11/h1-9,14,18H,10H2,(H,17,19)/t14-/m1/s1. The van der Waals surface area contributed by atoms with Crippen molar-refractivity contribution >= 4 is 5.91 Å². The first-order valence-electron chi connectivity index (χ1n) is 5.93. The molecule has 0 spiro atoms. The predicted molar refractivity (Wildman–Crippen MR) is 70.1 cm³/mol. The fourth-order valence-corrected chi connectivity index (χ4v) is 1.76.